The fourth-order valence-corrected chi connectivity index (χ4v) is 3.41. The average Bonchev–Trinajstić information content (AvgIpc) is 2.91. The predicted molar refractivity (Wildman–Crippen MR) is 80.9 cm³/mol. The van der Waals surface area contributed by atoms with Crippen LogP contribution in [0.5, 0.6) is 0 Å². The molecule has 7 nitrogen and oxygen atoms in total. The predicted octanol–water partition coefficient (Wildman–Crippen LogP) is 0.471. The lowest BCUT2D eigenvalue weighted by molar-refractivity contribution is 0.0698. The van der Waals surface area contributed by atoms with Gasteiger partial charge >= 0.3 is 0 Å². The van der Waals surface area contributed by atoms with Gasteiger partial charge in [-0.2, -0.15) is 0 Å². The van der Waals surface area contributed by atoms with E-state index in [-0.39, 0.29) is 11.9 Å². The first-order valence-electron chi connectivity index (χ1n) is 7.21. The summed E-state index contributed by atoms with van der Waals surface area (Å²) >= 11 is 1.35. The van der Waals surface area contributed by atoms with Crippen LogP contribution in [0.1, 0.15) is 22.5 Å². The average molecular weight is 312 g/mol. The summed E-state index contributed by atoms with van der Waals surface area (Å²) in [6, 6.07) is 0.166. The number of amides is 1. The third-order valence-corrected chi connectivity index (χ3v) is 4.82. The minimum atomic E-state index is -0.128. The van der Waals surface area contributed by atoms with Crippen LogP contribution in [0.15, 0.2) is 0 Å². The molecular weight excluding hydrogens is 292 g/mol. The maximum Gasteiger partial charge on any atom is 0.265 e. The molecule has 0 saturated carbocycles. The van der Waals surface area contributed by atoms with E-state index < -0.39 is 0 Å². The van der Waals surface area contributed by atoms with Gasteiger partial charge in [-0.1, -0.05) is 11.3 Å². The molecule has 116 valence electrons. The maximum atomic E-state index is 12.3. The summed E-state index contributed by atoms with van der Waals surface area (Å²) in [5.41, 5.74) is 5.91. The minimum absolute atomic E-state index is 0.128. The van der Waals surface area contributed by atoms with Crippen LogP contribution in [-0.4, -0.2) is 56.5 Å². The molecular formula is C13H20N4O3S. The Morgan fingerprint density at radius 1 is 1.24 bits per heavy atom. The number of nitrogen functional groups attached to an aromatic ring is 1. The number of carbonyl (C=O) groups excluding carboxylic acids is 1. The molecule has 0 atom stereocenters. The van der Waals surface area contributed by atoms with E-state index >= 15 is 0 Å². The lowest BCUT2D eigenvalue weighted by Gasteiger charge is -2.26. The fraction of sp³-hybridized carbons (Fsp3) is 0.692. The Morgan fingerprint density at radius 3 is 2.62 bits per heavy atom. The number of nitrogens with one attached hydrogen (secondary N) is 1. The molecule has 1 aromatic heterocycles. The van der Waals surface area contributed by atoms with Crippen molar-refractivity contribution in [1.29, 1.82) is 0 Å². The Kier molecular flexibility index (Phi) is 4.57. The first kappa shape index (κ1) is 14.6. The van der Waals surface area contributed by atoms with Gasteiger partial charge < -0.3 is 25.4 Å². The van der Waals surface area contributed by atoms with Crippen molar-refractivity contribution < 1.29 is 14.3 Å². The number of thiazole rings is 1. The van der Waals surface area contributed by atoms with Gasteiger partial charge in [0.15, 0.2) is 5.13 Å². The van der Waals surface area contributed by atoms with Crippen molar-refractivity contribution in [3.63, 3.8) is 0 Å². The van der Waals surface area contributed by atoms with Gasteiger partial charge in [0.25, 0.3) is 5.91 Å². The molecule has 3 N–H and O–H groups in total. The van der Waals surface area contributed by atoms with Crippen LogP contribution >= 0.6 is 11.3 Å². The highest BCUT2D eigenvalue weighted by atomic mass is 32.1. The number of aromatic nitrogens is 1. The number of ether oxygens (including phenoxy) is 2. The van der Waals surface area contributed by atoms with Gasteiger partial charge in [-0.15, -0.1) is 0 Å². The summed E-state index contributed by atoms with van der Waals surface area (Å²) < 4.78 is 10.6. The number of hydrogen-bond acceptors (Lipinski definition) is 7. The number of nitrogens with two attached hydrogens (primary N) is 1. The number of anilines is 2. The third kappa shape index (κ3) is 3.45. The van der Waals surface area contributed by atoms with E-state index in [1.54, 1.807) is 0 Å². The maximum absolute atomic E-state index is 12.3. The Morgan fingerprint density at radius 2 is 1.90 bits per heavy atom. The zero-order valence-electron chi connectivity index (χ0n) is 11.8. The van der Waals surface area contributed by atoms with Crippen LogP contribution in [0.4, 0.5) is 10.9 Å². The topological polar surface area (TPSA) is 89.7 Å². The normalized spacial score (nSPS) is 20.5. The number of hydrogen-bond donors (Lipinski definition) is 2. The van der Waals surface area contributed by atoms with Crippen molar-refractivity contribution in [2.75, 3.05) is 50.2 Å². The first-order valence-corrected chi connectivity index (χ1v) is 8.03. The monoisotopic (exact) mass is 312 g/mol. The number of carbonyl (C=O) groups is 1. The van der Waals surface area contributed by atoms with E-state index in [0.717, 1.165) is 31.1 Å². The van der Waals surface area contributed by atoms with Crippen molar-refractivity contribution in [3.05, 3.63) is 4.88 Å². The van der Waals surface area contributed by atoms with Gasteiger partial charge in [0, 0.05) is 32.3 Å². The molecule has 0 aliphatic carbocycles. The first-order chi connectivity index (χ1) is 10.2. The molecule has 2 aliphatic rings. The molecule has 3 rings (SSSR count). The number of nitrogens with zero attached hydrogens (tertiary/aromatic N) is 2. The van der Waals surface area contributed by atoms with Gasteiger partial charge in [-0.25, -0.2) is 4.98 Å². The summed E-state index contributed by atoms with van der Waals surface area (Å²) in [7, 11) is 0. The Labute approximate surface area is 127 Å². The molecule has 0 bridgehead atoms. The van der Waals surface area contributed by atoms with Gasteiger partial charge in [0.1, 0.15) is 10.7 Å². The lowest BCUT2D eigenvalue weighted by atomic mass is 10.1. The highest BCUT2D eigenvalue weighted by Crippen LogP contribution is 2.28. The fourth-order valence-electron chi connectivity index (χ4n) is 2.47. The molecule has 3 heterocycles. The molecule has 1 aromatic rings. The molecule has 0 spiro atoms. The Balaban J connectivity index is 1.66. The van der Waals surface area contributed by atoms with Gasteiger partial charge in [-0.05, 0) is 12.8 Å². The zero-order valence-corrected chi connectivity index (χ0v) is 12.7. The van der Waals surface area contributed by atoms with Crippen LogP contribution in [0.2, 0.25) is 0 Å². The Bertz CT molecular complexity index is 496. The van der Waals surface area contributed by atoms with Gasteiger partial charge in [-0.3, -0.25) is 4.79 Å². The molecule has 1 amide bonds. The molecule has 8 heteroatoms. The van der Waals surface area contributed by atoms with E-state index in [1.165, 1.54) is 11.3 Å². The van der Waals surface area contributed by atoms with Gasteiger partial charge in [0.2, 0.25) is 0 Å². The van der Waals surface area contributed by atoms with Crippen molar-refractivity contribution in [2.24, 2.45) is 0 Å². The molecule has 21 heavy (non-hydrogen) atoms. The molecule has 0 unspecified atom stereocenters. The van der Waals surface area contributed by atoms with E-state index in [1.807, 2.05) is 0 Å². The summed E-state index contributed by atoms with van der Waals surface area (Å²) in [5, 5.41) is 3.82. The van der Waals surface area contributed by atoms with E-state index in [0.29, 0.717) is 37.1 Å². The molecule has 2 saturated heterocycles. The van der Waals surface area contributed by atoms with E-state index in [4.69, 9.17) is 15.2 Å². The minimum Gasteiger partial charge on any atom is -0.382 e. The van der Waals surface area contributed by atoms with E-state index in [2.05, 4.69) is 15.2 Å². The highest BCUT2D eigenvalue weighted by molar-refractivity contribution is 7.18. The van der Waals surface area contributed by atoms with Crippen LogP contribution in [0, 0.1) is 0 Å². The molecule has 0 aromatic carbocycles. The Hall–Kier alpha value is -1.38. The zero-order chi connectivity index (χ0) is 14.7. The molecule has 2 aliphatic heterocycles. The number of morpholine rings is 1. The van der Waals surface area contributed by atoms with Gasteiger partial charge in [0.05, 0.1) is 13.2 Å². The van der Waals surface area contributed by atoms with E-state index in [9.17, 15) is 4.79 Å². The summed E-state index contributed by atoms with van der Waals surface area (Å²) in [6.45, 7) is 4.33. The van der Waals surface area contributed by atoms with Crippen molar-refractivity contribution >= 4 is 28.2 Å². The highest BCUT2D eigenvalue weighted by Gasteiger charge is 2.23. The standard InChI is InChI=1S/C13H20N4O3S/c14-11-10(12(18)15-9-1-5-19-6-2-9)21-13(16-11)17-3-7-20-8-4-17/h9H,1-8,14H2,(H,15,18). The lowest BCUT2D eigenvalue weighted by Crippen LogP contribution is -2.38. The third-order valence-electron chi connectivity index (χ3n) is 3.69. The van der Waals surface area contributed by atoms with Crippen molar-refractivity contribution in [1.82, 2.24) is 10.3 Å². The summed E-state index contributed by atoms with van der Waals surface area (Å²) in [4.78, 5) is 19.3. The second kappa shape index (κ2) is 6.59. The van der Waals surface area contributed by atoms with Crippen molar-refractivity contribution in [2.45, 2.75) is 18.9 Å². The smallest absolute Gasteiger partial charge is 0.265 e. The van der Waals surface area contributed by atoms with Crippen LogP contribution in [0.25, 0.3) is 0 Å². The second-order valence-electron chi connectivity index (χ2n) is 5.17. The molecule has 0 radical (unpaired) electrons. The quantitative estimate of drug-likeness (QED) is 0.843. The number of rotatable bonds is 3. The summed E-state index contributed by atoms with van der Waals surface area (Å²) in [6.07, 6.45) is 1.70. The molecule has 2 fully saturated rings. The second-order valence-corrected chi connectivity index (χ2v) is 6.15. The van der Waals surface area contributed by atoms with Crippen LogP contribution < -0.4 is 16.0 Å². The largest absolute Gasteiger partial charge is 0.382 e. The van der Waals surface area contributed by atoms with Crippen molar-refractivity contribution in [3.8, 4) is 0 Å². The van der Waals surface area contributed by atoms with Crippen LogP contribution in [-0.2, 0) is 9.47 Å². The van der Waals surface area contributed by atoms with Crippen LogP contribution in [0.3, 0.4) is 0 Å². The SMILES string of the molecule is Nc1nc(N2CCOCC2)sc1C(=O)NC1CCOCC1. The summed E-state index contributed by atoms with van der Waals surface area (Å²) in [5.74, 6) is 0.183.